The van der Waals surface area contributed by atoms with Gasteiger partial charge in [0.15, 0.2) is 0 Å². The fourth-order valence-electron chi connectivity index (χ4n) is 2.57. The molecule has 1 aliphatic heterocycles. The second-order valence-corrected chi connectivity index (χ2v) is 5.63. The van der Waals surface area contributed by atoms with Gasteiger partial charge in [0.05, 0.1) is 12.2 Å². The van der Waals surface area contributed by atoms with Crippen molar-refractivity contribution in [3.05, 3.63) is 48.0 Å². The highest BCUT2D eigenvalue weighted by molar-refractivity contribution is 5.87. The summed E-state index contributed by atoms with van der Waals surface area (Å²) in [5.74, 6) is -0.00898. The molecule has 108 valence electrons. The van der Waals surface area contributed by atoms with Crippen molar-refractivity contribution in [2.45, 2.75) is 38.9 Å². The standard InChI is InChI=1S/C17H23NO2/c1-4-14-7-6-8-15(11-14)12-20-17(3)9-10-18(13-17)16(19)5-2/h5-8,11H,2,4,9-10,12-13H2,1,3H3. The molecule has 0 aromatic heterocycles. The van der Waals surface area contributed by atoms with Crippen molar-refractivity contribution < 1.29 is 9.53 Å². The second-order valence-electron chi connectivity index (χ2n) is 5.63. The average Bonchev–Trinajstić information content (AvgIpc) is 2.87. The maximum Gasteiger partial charge on any atom is 0.246 e. The van der Waals surface area contributed by atoms with Crippen LogP contribution in [0.3, 0.4) is 0 Å². The minimum Gasteiger partial charge on any atom is -0.369 e. The van der Waals surface area contributed by atoms with Crippen molar-refractivity contribution >= 4 is 5.91 Å². The van der Waals surface area contributed by atoms with Crippen molar-refractivity contribution in [3.8, 4) is 0 Å². The van der Waals surface area contributed by atoms with Gasteiger partial charge in [-0.3, -0.25) is 4.79 Å². The van der Waals surface area contributed by atoms with E-state index in [-0.39, 0.29) is 11.5 Å². The number of aryl methyl sites for hydroxylation is 1. The van der Waals surface area contributed by atoms with Crippen molar-refractivity contribution in [1.82, 2.24) is 4.90 Å². The number of amides is 1. The van der Waals surface area contributed by atoms with Gasteiger partial charge < -0.3 is 9.64 Å². The number of carbonyl (C=O) groups excluding carboxylic acids is 1. The number of carbonyl (C=O) groups is 1. The molecule has 0 bridgehead atoms. The van der Waals surface area contributed by atoms with Gasteiger partial charge >= 0.3 is 0 Å². The van der Waals surface area contributed by atoms with E-state index in [0.29, 0.717) is 13.2 Å². The predicted molar refractivity (Wildman–Crippen MR) is 80.4 cm³/mol. The molecular formula is C17H23NO2. The Morgan fingerprint density at radius 3 is 2.95 bits per heavy atom. The summed E-state index contributed by atoms with van der Waals surface area (Å²) in [4.78, 5) is 13.4. The fraction of sp³-hybridized carbons (Fsp3) is 0.471. The number of likely N-dealkylation sites (tertiary alicyclic amines) is 1. The van der Waals surface area contributed by atoms with Crippen LogP contribution >= 0.6 is 0 Å². The van der Waals surface area contributed by atoms with E-state index < -0.39 is 0 Å². The zero-order valence-electron chi connectivity index (χ0n) is 12.4. The number of hydrogen-bond donors (Lipinski definition) is 0. The van der Waals surface area contributed by atoms with Gasteiger partial charge in [-0.15, -0.1) is 0 Å². The van der Waals surface area contributed by atoms with Gasteiger partial charge in [-0.05, 0) is 37.0 Å². The molecular weight excluding hydrogens is 250 g/mol. The molecule has 1 aliphatic rings. The lowest BCUT2D eigenvalue weighted by molar-refractivity contribution is -0.126. The number of hydrogen-bond acceptors (Lipinski definition) is 2. The van der Waals surface area contributed by atoms with E-state index in [2.05, 4.69) is 44.7 Å². The Labute approximate surface area is 121 Å². The van der Waals surface area contributed by atoms with E-state index >= 15 is 0 Å². The summed E-state index contributed by atoms with van der Waals surface area (Å²) in [5.41, 5.74) is 2.27. The molecule has 0 radical (unpaired) electrons. The molecule has 0 N–H and O–H groups in total. The lowest BCUT2D eigenvalue weighted by atomic mass is 10.1. The Morgan fingerprint density at radius 2 is 2.25 bits per heavy atom. The van der Waals surface area contributed by atoms with Gasteiger partial charge in [0.25, 0.3) is 0 Å². The summed E-state index contributed by atoms with van der Waals surface area (Å²) in [6, 6.07) is 8.47. The smallest absolute Gasteiger partial charge is 0.246 e. The first-order valence-electron chi connectivity index (χ1n) is 7.19. The van der Waals surface area contributed by atoms with Gasteiger partial charge in [-0.1, -0.05) is 37.8 Å². The summed E-state index contributed by atoms with van der Waals surface area (Å²) < 4.78 is 6.07. The van der Waals surface area contributed by atoms with Crippen LogP contribution in [0, 0.1) is 0 Å². The molecule has 1 fully saturated rings. The normalized spacial score (nSPS) is 22.0. The van der Waals surface area contributed by atoms with Crippen LogP contribution in [0.4, 0.5) is 0 Å². The molecule has 0 aliphatic carbocycles. The van der Waals surface area contributed by atoms with Crippen LogP contribution in [0.5, 0.6) is 0 Å². The fourth-order valence-corrected chi connectivity index (χ4v) is 2.57. The highest BCUT2D eigenvalue weighted by Crippen LogP contribution is 2.26. The third kappa shape index (κ3) is 3.48. The third-order valence-corrected chi connectivity index (χ3v) is 3.91. The van der Waals surface area contributed by atoms with Crippen LogP contribution in [-0.4, -0.2) is 29.5 Å². The van der Waals surface area contributed by atoms with Crippen molar-refractivity contribution in [2.75, 3.05) is 13.1 Å². The van der Waals surface area contributed by atoms with E-state index in [1.54, 1.807) is 4.90 Å². The molecule has 0 saturated carbocycles. The minimum atomic E-state index is -0.249. The summed E-state index contributed by atoms with van der Waals surface area (Å²) in [7, 11) is 0. The van der Waals surface area contributed by atoms with Crippen LogP contribution in [-0.2, 0) is 22.6 Å². The topological polar surface area (TPSA) is 29.5 Å². The lowest BCUT2D eigenvalue weighted by Gasteiger charge is -2.25. The molecule has 1 saturated heterocycles. The summed E-state index contributed by atoms with van der Waals surface area (Å²) in [6.07, 6.45) is 3.28. The maximum atomic E-state index is 11.6. The average molecular weight is 273 g/mol. The Morgan fingerprint density at radius 1 is 1.50 bits per heavy atom. The van der Waals surface area contributed by atoms with Crippen LogP contribution in [0.25, 0.3) is 0 Å². The van der Waals surface area contributed by atoms with Crippen molar-refractivity contribution in [3.63, 3.8) is 0 Å². The number of benzene rings is 1. The molecule has 1 aromatic rings. The lowest BCUT2D eigenvalue weighted by Crippen LogP contribution is -2.35. The van der Waals surface area contributed by atoms with E-state index in [4.69, 9.17) is 4.74 Å². The monoisotopic (exact) mass is 273 g/mol. The van der Waals surface area contributed by atoms with Gasteiger partial charge in [-0.2, -0.15) is 0 Å². The van der Waals surface area contributed by atoms with E-state index in [1.165, 1.54) is 17.2 Å². The number of nitrogens with zero attached hydrogens (tertiary/aromatic N) is 1. The Balaban J connectivity index is 1.93. The Kier molecular flexibility index (Phi) is 4.61. The molecule has 0 spiro atoms. The molecule has 2 rings (SSSR count). The van der Waals surface area contributed by atoms with Crippen molar-refractivity contribution in [2.24, 2.45) is 0 Å². The van der Waals surface area contributed by atoms with Crippen molar-refractivity contribution in [1.29, 1.82) is 0 Å². The molecule has 1 heterocycles. The first-order chi connectivity index (χ1) is 9.56. The SMILES string of the molecule is C=CC(=O)N1CCC(C)(OCc2cccc(CC)c2)C1. The molecule has 1 unspecified atom stereocenters. The van der Waals surface area contributed by atoms with E-state index in [0.717, 1.165) is 19.4 Å². The Bertz CT molecular complexity index is 498. The highest BCUT2D eigenvalue weighted by atomic mass is 16.5. The first kappa shape index (κ1) is 14.8. The Hall–Kier alpha value is -1.61. The van der Waals surface area contributed by atoms with Crippen LogP contribution < -0.4 is 0 Å². The summed E-state index contributed by atoms with van der Waals surface area (Å²) >= 11 is 0. The largest absolute Gasteiger partial charge is 0.369 e. The second kappa shape index (κ2) is 6.23. The van der Waals surface area contributed by atoms with E-state index in [9.17, 15) is 4.79 Å². The molecule has 1 atom stereocenters. The molecule has 1 aromatic carbocycles. The number of rotatable bonds is 5. The number of ether oxygens (including phenoxy) is 1. The first-order valence-corrected chi connectivity index (χ1v) is 7.19. The van der Waals surface area contributed by atoms with E-state index in [1.807, 2.05) is 0 Å². The van der Waals surface area contributed by atoms with Gasteiger partial charge in [0.1, 0.15) is 0 Å². The molecule has 3 nitrogen and oxygen atoms in total. The molecule has 1 amide bonds. The molecule has 20 heavy (non-hydrogen) atoms. The quantitative estimate of drug-likeness (QED) is 0.772. The van der Waals surface area contributed by atoms with Crippen LogP contribution in [0.2, 0.25) is 0 Å². The summed E-state index contributed by atoms with van der Waals surface area (Å²) in [6.45, 7) is 9.75. The summed E-state index contributed by atoms with van der Waals surface area (Å²) in [5, 5.41) is 0. The van der Waals surface area contributed by atoms with Gasteiger partial charge in [-0.25, -0.2) is 0 Å². The van der Waals surface area contributed by atoms with Gasteiger partial charge in [0, 0.05) is 13.1 Å². The highest BCUT2D eigenvalue weighted by Gasteiger charge is 2.36. The van der Waals surface area contributed by atoms with Gasteiger partial charge in [0.2, 0.25) is 5.91 Å². The zero-order valence-corrected chi connectivity index (χ0v) is 12.4. The molecule has 3 heteroatoms. The van der Waals surface area contributed by atoms with Crippen LogP contribution in [0.1, 0.15) is 31.4 Å². The van der Waals surface area contributed by atoms with Crippen LogP contribution in [0.15, 0.2) is 36.9 Å². The maximum absolute atomic E-state index is 11.6. The minimum absolute atomic E-state index is 0.00898. The third-order valence-electron chi connectivity index (χ3n) is 3.91. The predicted octanol–water partition coefficient (Wildman–Crippen LogP) is 2.94. The zero-order chi connectivity index (χ0) is 14.6.